The topological polar surface area (TPSA) is 35.5 Å². The van der Waals surface area contributed by atoms with Crippen LogP contribution in [-0.2, 0) is 14.3 Å². The molecule has 112 valence electrons. The van der Waals surface area contributed by atoms with E-state index in [9.17, 15) is 4.79 Å². The van der Waals surface area contributed by atoms with E-state index in [0.29, 0.717) is 18.6 Å². The molecular formula is C17H26O3. The summed E-state index contributed by atoms with van der Waals surface area (Å²) in [4.78, 5) is 12.2. The van der Waals surface area contributed by atoms with Gasteiger partial charge in [-0.25, -0.2) is 0 Å². The van der Waals surface area contributed by atoms with Crippen molar-refractivity contribution in [1.82, 2.24) is 0 Å². The number of carbonyl (C=O) groups is 1. The van der Waals surface area contributed by atoms with Crippen molar-refractivity contribution in [1.29, 1.82) is 0 Å². The van der Waals surface area contributed by atoms with E-state index in [1.54, 1.807) is 0 Å². The Morgan fingerprint density at radius 3 is 2.55 bits per heavy atom. The van der Waals surface area contributed by atoms with Crippen molar-refractivity contribution in [2.45, 2.75) is 84.2 Å². The summed E-state index contributed by atoms with van der Waals surface area (Å²) < 4.78 is 12.7. The van der Waals surface area contributed by atoms with E-state index in [4.69, 9.17) is 9.47 Å². The van der Waals surface area contributed by atoms with E-state index >= 15 is 0 Å². The zero-order valence-electron chi connectivity index (χ0n) is 13.3. The molecule has 3 aliphatic rings. The van der Waals surface area contributed by atoms with Crippen LogP contribution in [0.2, 0.25) is 0 Å². The van der Waals surface area contributed by atoms with Gasteiger partial charge in [-0.2, -0.15) is 0 Å². The zero-order chi connectivity index (χ0) is 14.8. The fraction of sp³-hybridized carbons (Fsp3) is 0.824. The quantitative estimate of drug-likeness (QED) is 0.633. The Bertz CT molecular complexity index is 486. The number of hydrogen-bond acceptors (Lipinski definition) is 3. The molecule has 3 nitrogen and oxygen atoms in total. The highest BCUT2D eigenvalue weighted by molar-refractivity contribution is 5.81. The smallest absolute Gasteiger partial charge is 0.164 e. The maximum Gasteiger partial charge on any atom is 0.164 e. The minimum absolute atomic E-state index is 0.0276. The van der Waals surface area contributed by atoms with Gasteiger partial charge >= 0.3 is 0 Å². The Labute approximate surface area is 121 Å². The number of rotatable bonds is 0. The van der Waals surface area contributed by atoms with Gasteiger partial charge in [-0.15, -0.1) is 0 Å². The lowest BCUT2D eigenvalue weighted by atomic mass is 9.57. The zero-order valence-corrected chi connectivity index (χ0v) is 13.3. The van der Waals surface area contributed by atoms with Crippen LogP contribution in [0, 0.1) is 5.41 Å². The average molecular weight is 278 g/mol. The summed E-state index contributed by atoms with van der Waals surface area (Å²) >= 11 is 0. The van der Waals surface area contributed by atoms with E-state index in [0.717, 1.165) is 19.3 Å². The van der Waals surface area contributed by atoms with Gasteiger partial charge in [0.15, 0.2) is 5.79 Å². The van der Waals surface area contributed by atoms with Gasteiger partial charge in [0.25, 0.3) is 0 Å². The first-order valence-electron chi connectivity index (χ1n) is 7.77. The summed E-state index contributed by atoms with van der Waals surface area (Å²) in [5.41, 5.74) is 2.26. The predicted molar refractivity (Wildman–Crippen MR) is 77.3 cm³/mol. The number of allylic oxidation sites excluding steroid dienone is 1. The molecule has 3 heteroatoms. The molecule has 0 aromatic rings. The van der Waals surface area contributed by atoms with E-state index in [2.05, 4.69) is 20.8 Å². The molecule has 0 radical (unpaired) electrons. The Morgan fingerprint density at radius 1 is 1.15 bits per heavy atom. The number of fused-ring (bicyclic) bond motifs is 1. The molecule has 1 spiro atoms. The van der Waals surface area contributed by atoms with Gasteiger partial charge in [0.2, 0.25) is 0 Å². The van der Waals surface area contributed by atoms with Crippen molar-refractivity contribution < 1.29 is 14.3 Å². The molecule has 2 fully saturated rings. The third kappa shape index (κ3) is 1.82. The molecule has 0 unspecified atom stereocenters. The molecule has 0 aromatic heterocycles. The molecule has 0 N–H and O–H groups in total. The van der Waals surface area contributed by atoms with Crippen LogP contribution in [0.5, 0.6) is 0 Å². The molecule has 1 aliphatic heterocycles. The van der Waals surface area contributed by atoms with Crippen LogP contribution in [0.1, 0.15) is 66.7 Å². The van der Waals surface area contributed by atoms with Gasteiger partial charge in [-0.3, -0.25) is 4.79 Å². The minimum Gasteiger partial charge on any atom is -0.344 e. The highest BCUT2D eigenvalue weighted by Gasteiger charge is 2.63. The van der Waals surface area contributed by atoms with Crippen LogP contribution in [0.15, 0.2) is 11.1 Å². The first-order chi connectivity index (χ1) is 9.18. The van der Waals surface area contributed by atoms with Crippen LogP contribution < -0.4 is 0 Å². The lowest BCUT2D eigenvalue weighted by molar-refractivity contribution is -0.185. The third-order valence-electron chi connectivity index (χ3n) is 5.63. The summed E-state index contributed by atoms with van der Waals surface area (Å²) in [6, 6.07) is 0. The lowest BCUT2D eigenvalue weighted by Crippen LogP contribution is -2.56. The predicted octanol–water partition coefficient (Wildman–Crippen LogP) is 3.77. The van der Waals surface area contributed by atoms with Crippen molar-refractivity contribution in [3.63, 3.8) is 0 Å². The highest BCUT2D eigenvalue weighted by Crippen LogP contribution is 2.59. The monoisotopic (exact) mass is 278 g/mol. The molecule has 1 saturated carbocycles. The molecule has 3 rings (SSSR count). The standard InChI is InChI=1S/C17H26O3/c1-11-8-9-17-14(19-16(4,5)20-17)7-6-12(18)10-13(11)15(17,2)3/h14H,6-10H2,1-5H3/t14-,17+/m0/s1. The van der Waals surface area contributed by atoms with Crippen molar-refractivity contribution >= 4 is 5.78 Å². The van der Waals surface area contributed by atoms with Crippen LogP contribution in [-0.4, -0.2) is 23.3 Å². The van der Waals surface area contributed by atoms with E-state index in [-0.39, 0.29) is 17.1 Å². The van der Waals surface area contributed by atoms with Crippen molar-refractivity contribution in [2.24, 2.45) is 5.41 Å². The summed E-state index contributed by atoms with van der Waals surface area (Å²) in [5.74, 6) is -0.206. The number of carbonyl (C=O) groups excluding carboxylic acids is 1. The summed E-state index contributed by atoms with van der Waals surface area (Å²) in [5, 5.41) is 0. The number of Topliss-reactive ketones (excluding diaryl/α,β-unsaturated/α-hetero) is 1. The number of ketones is 1. The summed E-state index contributed by atoms with van der Waals surface area (Å²) in [6.45, 7) is 10.6. The molecule has 2 atom stereocenters. The van der Waals surface area contributed by atoms with Crippen LogP contribution in [0.25, 0.3) is 0 Å². The van der Waals surface area contributed by atoms with Crippen LogP contribution >= 0.6 is 0 Å². The Morgan fingerprint density at radius 2 is 1.85 bits per heavy atom. The highest BCUT2D eigenvalue weighted by atomic mass is 16.8. The second-order valence-corrected chi connectivity index (χ2v) is 7.64. The maximum atomic E-state index is 12.2. The minimum atomic E-state index is -0.550. The second-order valence-electron chi connectivity index (χ2n) is 7.64. The van der Waals surface area contributed by atoms with Crippen LogP contribution in [0.3, 0.4) is 0 Å². The van der Waals surface area contributed by atoms with E-state index in [1.165, 1.54) is 11.1 Å². The first-order valence-corrected chi connectivity index (χ1v) is 7.77. The first kappa shape index (κ1) is 14.3. The van der Waals surface area contributed by atoms with E-state index < -0.39 is 5.79 Å². The van der Waals surface area contributed by atoms with Gasteiger partial charge in [-0.05, 0) is 40.0 Å². The molecular weight excluding hydrogens is 252 g/mol. The maximum absolute atomic E-state index is 12.2. The molecule has 2 aliphatic carbocycles. The fourth-order valence-electron chi connectivity index (χ4n) is 4.58. The molecule has 2 bridgehead atoms. The lowest BCUT2D eigenvalue weighted by Gasteiger charge is -2.52. The molecule has 1 heterocycles. The van der Waals surface area contributed by atoms with Gasteiger partial charge in [-0.1, -0.05) is 25.0 Å². The molecule has 0 aromatic carbocycles. The second kappa shape index (κ2) is 4.17. The van der Waals surface area contributed by atoms with Gasteiger partial charge < -0.3 is 9.47 Å². The Kier molecular flexibility index (Phi) is 2.98. The van der Waals surface area contributed by atoms with Gasteiger partial charge in [0, 0.05) is 18.3 Å². The number of ether oxygens (including phenoxy) is 2. The molecule has 1 saturated heterocycles. The summed E-state index contributed by atoms with van der Waals surface area (Å²) in [7, 11) is 0. The van der Waals surface area contributed by atoms with Gasteiger partial charge in [0.1, 0.15) is 11.4 Å². The van der Waals surface area contributed by atoms with Crippen molar-refractivity contribution in [3.05, 3.63) is 11.1 Å². The third-order valence-corrected chi connectivity index (χ3v) is 5.63. The van der Waals surface area contributed by atoms with Gasteiger partial charge in [0.05, 0.1) is 6.10 Å². The van der Waals surface area contributed by atoms with Crippen LogP contribution in [0.4, 0.5) is 0 Å². The molecule has 0 amide bonds. The molecule has 20 heavy (non-hydrogen) atoms. The van der Waals surface area contributed by atoms with Crippen molar-refractivity contribution in [2.75, 3.05) is 0 Å². The van der Waals surface area contributed by atoms with E-state index in [1.807, 2.05) is 13.8 Å². The normalized spacial score (nSPS) is 39.2. The Hall–Kier alpha value is -0.670. The number of hydrogen-bond donors (Lipinski definition) is 0. The van der Waals surface area contributed by atoms with Crippen molar-refractivity contribution in [3.8, 4) is 0 Å². The summed E-state index contributed by atoms with van der Waals surface area (Å²) in [6.07, 6.45) is 4.04. The SMILES string of the molecule is CC1=C2CC(=O)CC[C@@H]3OC(C)(C)O[C@@]3(CC1)C2(C)C. The average Bonchev–Trinajstić information content (AvgIpc) is 2.60. The largest absolute Gasteiger partial charge is 0.344 e. The Balaban J connectivity index is 2.14. The fourth-order valence-corrected chi connectivity index (χ4v) is 4.58.